The lowest BCUT2D eigenvalue weighted by Gasteiger charge is -2.18. The summed E-state index contributed by atoms with van der Waals surface area (Å²) in [7, 11) is 2.04. The summed E-state index contributed by atoms with van der Waals surface area (Å²) in [5.74, 6) is 0. The van der Waals surface area contributed by atoms with Gasteiger partial charge in [-0.1, -0.05) is 19.9 Å². The number of nitrogens with one attached hydrogen (secondary N) is 1. The van der Waals surface area contributed by atoms with Crippen LogP contribution in [0.4, 0.5) is 0 Å². The Kier molecular flexibility index (Phi) is 6.45. The molecule has 0 aliphatic rings. The van der Waals surface area contributed by atoms with E-state index in [0.717, 1.165) is 37.9 Å². The van der Waals surface area contributed by atoms with Gasteiger partial charge in [0.1, 0.15) is 0 Å². The number of aromatic nitrogens is 2. The first-order chi connectivity index (χ1) is 10.2. The summed E-state index contributed by atoms with van der Waals surface area (Å²) in [6, 6.07) is 4.81. The number of nitrogens with zero attached hydrogens (tertiary/aromatic N) is 2. The minimum atomic E-state index is 0.458. The molecule has 0 radical (unpaired) electrons. The van der Waals surface area contributed by atoms with Crippen molar-refractivity contribution in [3.63, 3.8) is 0 Å². The summed E-state index contributed by atoms with van der Waals surface area (Å²) in [4.78, 5) is 1.44. The highest BCUT2D eigenvalue weighted by molar-refractivity contribution is 9.10. The van der Waals surface area contributed by atoms with E-state index in [-0.39, 0.29) is 0 Å². The van der Waals surface area contributed by atoms with Gasteiger partial charge in [0.25, 0.3) is 0 Å². The van der Waals surface area contributed by atoms with Crippen LogP contribution in [0.2, 0.25) is 0 Å². The third kappa shape index (κ3) is 4.41. The molecule has 0 saturated heterocycles. The molecule has 116 valence electrons. The minimum absolute atomic E-state index is 0.458. The standard InChI is InChI=1S/C16H24BrN3S/c1-4-8-18-12(10-13-7-6-9-21-13)11-15-16(17)14(5-2)19-20(15)3/h6-7,9,12,18H,4-5,8,10-11H2,1-3H3. The van der Waals surface area contributed by atoms with Gasteiger partial charge >= 0.3 is 0 Å². The van der Waals surface area contributed by atoms with Crippen LogP contribution in [0.15, 0.2) is 22.0 Å². The molecule has 0 fully saturated rings. The van der Waals surface area contributed by atoms with Gasteiger partial charge < -0.3 is 5.32 Å². The van der Waals surface area contributed by atoms with Crippen LogP contribution < -0.4 is 5.32 Å². The predicted molar refractivity (Wildman–Crippen MR) is 94.1 cm³/mol. The fourth-order valence-corrected chi connectivity index (χ4v) is 4.08. The molecule has 3 nitrogen and oxygen atoms in total. The normalized spacial score (nSPS) is 12.8. The van der Waals surface area contributed by atoms with Crippen LogP contribution >= 0.6 is 27.3 Å². The topological polar surface area (TPSA) is 29.9 Å². The number of aryl methyl sites for hydroxylation is 2. The van der Waals surface area contributed by atoms with Gasteiger partial charge in [-0.2, -0.15) is 5.10 Å². The summed E-state index contributed by atoms with van der Waals surface area (Å²) < 4.78 is 3.21. The summed E-state index contributed by atoms with van der Waals surface area (Å²) in [5, 5.41) is 10.4. The van der Waals surface area contributed by atoms with E-state index in [9.17, 15) is 0 Å². The zero-order chi connectivity index (χ0) is 15.2. The van der Waals surface area contributed by atoms with Gasteiger partial charge in [-0.25, -0.2) is 0 Å². The molecule has 2 aromatic heterocycles. The Morgan fingerprint density at radius 1 is 1.38 bits per heavy atom. The zero-order valence-electron chi connectivity index (χ0n) is 13.0. The number of hydrogen-bond acceptors (Lipinski definition) is 3. The smallest absolute Gasteiger partial charge is 0.0766 e. The van der Waals surface area contributed by atoms with Gasteiger partial charge in [-0.3, -0.25) is 4.68 Å². The Bertz CT molecular complexity index is 548. The molecule has 0 bridgehead atoms. The second-order valence-electron chi connectivity index (χ2n) is 5.32. The van der Waals surface area contributed by atoms with Crippen molar-refractivity contribution in [1.29, 1.82) is 0 Å². The molecule has 2 rings (SSSR count). The lowest BCUT2D eigenvalue weighted by Crippen LogP contribution is -2.34. The van der Waals surface area contributed by atoms with E-state index in [1.165, 1.54) is 15.0 Å². The van der Waals surface area contributed by atoms with Gasteiger partial charge in [-0.05, 0) is 53.2 Å². The summed E-state index contributed by atoms with van der Waals surface area (Å²) >= 11 is 5.57. The van der Waals surface area contributed by atoms with Crippen molar-refractivity contribution in [2.24, 2.45) is 7.05 Å². The molecule has 2 aromatic rings. The van der Waals surface area contributed by atoms with Crippen LogP contribution in [0, 0.1) is 0 Å². The molecule has 0 saturated carbocycles. The van der Waals surface area contributed by atoms with Crippen molar-refractivity contribution in [1.82, 2.24) is 15.1 Å². The largest absolute Gasteiger partial charge is 0.313 e. The average Bonchev–Trinajstić information content (AvgIpc) is 3.07. The molecule has 0 aliphatic heterocycles. The molecule has 0 spiro atoms. The zero-order valence-corrected chi connectivity index (χ0v) is 15.4. The average molecular weight is 370 g/mol. The maximum Gasteiger partial charge on any atom is 0.0766 e. The van der Waals surface area contributed by atoms with Gasteiger partial charge in [-0.15, -0.1) is 11.3 Å². The Morgan fingerprint density at radius 3 is 2.76 bits per heavy atom. The highest BCUT2D eigenvalue weighted by atomic mass is 79.9. The highest BCUT2D eigenvalue weighted by Crippen LogP contribution is 2.24. The maximum atomic E-state index is 4.60. The number of rotatable bonds is 8. The van der Waals surface area contributed by atoms with Crippen LogP contribution in [-0.2, 0) is 26.3 Å². The minimum Gasteiger partial charge on any atom is -0.313 e. The molecular weight excluding hydrogens is 346 g/mol. The van der Waals surface area contributed by atoms with E-state index in [4.69, 9.17) is 0 Å². The van der Waals surface area contributed by atoms with Crippen molar-refractivity contribution in [2.75, 3.05) is 6.54 Å². The quantitative estimate of drug-likeness (QED) is 0.762. The van der Waals surface area contributed by atoms with E-state index in [1.54, 1.807) is 0 Å². The number of hydrogen-bond donors (Lipinski definition) is 1. The number of thiophene rings is 1. The van der Waals surface area contributed by atoms with Crippen molar-refractivity contribution < 1.29 is 0 Å². The molecule has 5 heteroatoms. The summed E-state index contributed by atoms with van der Waals surface area (Å²) in [6.07, 6.45) is 4.21. The van der Waals surface area contributed by atoms with Crippen LogP contribution in [-0.4, -0.2) is 22.4 Å². The molecule has 0 amide bonds. The van der Waals surface area contributed by atoms with Crippen LogP contribution in [0.1, 0.15) is 36.5 Å². The number of halogens is 1. The van der Waals surface area contributed by atoms with E-state index < -0.39 is 0 Å². The van der Waals surface area contributed by atoms with Crippen LogP contribution in [0.3, 0.4) is 0 Å². The Balaban J connectivity index is 2.12. The monoisotopic (exact) mass is 369 g/mol. The van der Waals surface area contributed by atoms with Crippen LogP contribution in [0.25, 0.3) is 0 Å². The van der Waals surface area contributed by atoms with Gasteiger partial charge in [0.05, 0.1) is 15.9 Å². The van der Waals surface area contributed by atoms with Gasteiger partial charge in [0.2, 0.25) is 0 Å². The van der Waals surface area contributed by atoms with Crippen molar-refractivity contribution in [3.8, 4) is 0 Å². The SMILES string of the molecule is CCCNC(Cc1cccs1)Cc1c(Br)c(CC)nn1C. The molecular formula is C16H24BrN3S. The summed E-state index contributed by atoms with van der Waals surface area (Å²) in [5.41, 5.74) is 2.44. The predicted octanol–water partition coefficient (Wildman–Crippen LogP) is 3.96. The van der Waals surface area contributed by atoms with E-state index in [0.29, 0.717) is 6.04 Å². The molecule has 2 heterocycles. The molecule has 21 heavy (non-hydrogen) atoms. The Labute approximate surface area is 139 Å². The van der Waals surface area contributed by atoms with Crippen molar-refractivity contribution in [2.45, 2.75) is 45.6 Å². The molecule has 1 N–H and O–H groups in total. The summed E-state index contributed by atoms with van der Waals surface area (Å²) in [6.45, 7) is 5.42. The second-order valence-corrected chi connectivity index (χ2v) is 7.15. The van der Waals surface area contributed by atoms with E-state index in [2.05, 4.69) is 57.7 Å². The molecule has 0 aliphatic carbocycles. The second kappa shape index (κ2) is 8.11. The van der Waals surface area contributed by atoms with Crippen LogP contribution in [0.5, 0.6) is 0 Å². The van der Waals surface area contributed by atoms with Gasteiger partial charge in [0.15, 0.2) is 0 Å². The Morgan fingerprint density at radius 2 is 2.19 bits per heavy atom. The fraction of sp³-hybridized carbons (Fsp3) is 0.562. The first kappa shape index (κ1) is 16.7. The van der Waals surface area contributed by atoms with E-state index in [1.807, 2.05) is 23.1 Å². The highest BCUT2D eigenvalue weighted by Gasteiger charge is 2.18. The first-order valence-corrected chi connectivity index (χ1v) is 9.28. The Hall–Kier alpha value is -0.650. The molecule has 1 atom stereocenters. The van der Waals surface area contributed by atoms with E-state index >= 15 is 0 Å². The molecule has 1 unspecified atom stereocenters. The van der Waals surface area contributed by atoms with Crippen molar-refractivity contribution >= 4 is 27.3 Å². The lowest BCUT2D eigenvalue weighted by atomic mass is 10.1. The fourth-order valence-electron chi connectivity index (χ4n) is 2.51. The van der Waals surface area contributed by atoms with Crippen molar-refractivity contribution in [3.05, 3.63) is 38.3 Å². The third-order valence-electron chi connectivity index (χ3n) is 3.65. The first-order valence-electron chi connectivity index (χ1n) is 7.61. The lowest BCUT2D eigenvalue weighted by molar-refractivity contribution is 0.492. The third-order valence-corrected chi connectivity index (χ3v) is 5.47. The maximum absolute atomic E-state index is 4.60. The van der Waals surface area contributed by atoms with Gasteiger partial charge in [0, 0.05) is 24.4 Å². The molecule has 0 aromatic carbocycles.